The maximum absolute atomic E-state index is 4.49. The number of hydrogen-bond acceptors (Lipinski definition) is 0. The number of alkyl halides is 1. The molecule has 15 heavy (non-hydrogen) atoms. The van der Waals surface area contributed by atoms with Crippen molar-refractivity contribution in [1.29, 1.82) is 0 Å². The van der Waals surface area contributed by atoms with Gasteiger partial charge in [0.15, 0.2) is 0 Å². The second-order valence-corrected chi connectivity index (χ2v) is 36.1. The van der Waals surface area contributed by atoms with Crippen LogP contribution in [0.15, 0.2) is 0 Å². The third-order valence-electron chi connectivity index (χ3n) is 15.6. The van der Waals surface area contributed by atoms with Crippen molar-refractivity contribution < 1.29 is 6.51 Å². The van der Waals surface area contributed by atoms with Crippen LogP contribution >= 0.6 is 15.9 Å². The van der Waals surface area contributed by atoms with Gasteiger partial charge in [0.2, 0.25) is 0 Å². The molecule has 82 valence electrons. The van der Waals surface area contributed by atoms with Gasteiger partial charge in [-0.15, -0.1) is 0 Å². The summed E-state index contributed by atoms with van der Waals surface area (Å²) in [6.45, 7) is 2.36. The molecule has 1 spiro atoms. The van der Waals surface area contributed by atoms with Crippen molar-refractivity contribution in [2.75, 3.05) is 0 Å². The molecule has 10 aliphatic heterocycles. The standard InChI is InChI=1S/C8H10Br.C5H5.Fe/c1-6(2)7-4-3-5-8(7)9;1-2-4-5-3-1;/h3-6H,1-2H3;1-5H;. The van der Waals surface area contributed by atoms with E-state index < -0.39 is 6.51 Å². The topological polar surface area (TPSA) is 0 Å². The van der Waals surface area contributed by atoms with Crippen LogP contribution in [0.1, 0.15) is 13.8 Å². The first-order valence-electron chi connectivity index (χ1n) is 6.78. The summed E-state index contributed by atoms with van der Waals surface area (Å²) in [5, 5.41) is 0. The van der Waals surface area contributed by atoms with E-state index in [1.807, 2.05) is 0 Å². The van der Waals surface area contributed by atoms with Gasteiger partial charge in [0.25, 0.3) is 0 Å². The van der Waals surface area contributed by atoms with E-state index in [0.717, 1.165) is 13.5 Å². The Kier molecular flexibility index (Phi) is 0.156. The molecule has 10 saturated heterocycles. The number of halogens is 1. The molecule has 0 saturated carbocycles. The Morgan fingerprint density at radius 1 is 0.933 bits per heavy atom. The van der Waals surface area contributed by atoms with E-state index in [2.05, 4.69) is 29.8 Å². The molecule has 0 aromatic heterocycles. The summed E-state index contributed by atoms with van der Waals surface area (Å²) in [7, 11) is 0. The summed E-state index contributed by atoms with van der Waals surface area (Å²) in [5.74, 6) is 1.06. The van der Waals surface area contributed by atoms with Crippen LogP contribution in [0.5, 0.6) is 0 Å². The van der Waals surface area contributed by atoms with E-state index in [4.69, 9.17) is 0 Å². The van der Waals surface area contributed by atoms with Crippen LogP contribution in [0, 0.1) is 5.92 Å². The quantitative estimate of drug-likeness (QED) is 0.486. The predicted molar refractivity (Wildman–Crippen MR) is 59.2 cm³/mol. The third kappa shape index (κ3) is 0.0463. The Labute approximate surface area is 88.0 Å². The van der Waals surface area contributed by atoms with Crippen LogP contribution in [-0.4, -0.2) is 3.22 Å². The van der Waals surface area contributed by atoms with Gasteiger partial charge in [0.05, 0.1) is 0 Å². The number of hydrogen-bond donors (Lipinski definition) is 0. The van der Waals surface area contributed by atoms with E-state index in [0.29, 0.717) is 0 Å². The van der Waals surface area contributed by atoms with Gasteiger partial charge in [-0.3, -0.25) is 0 Å². The van der Waals surface area contributed by atoms with Crippen molar-refractivity contribution in [2.24, 2.45) is 5.92 Å². The van der Waals surface area contributed by atoms with Crippen molar-refractivity contribution in [3.8, 4) is 0 Å². The van der Waals surface area contributed by atoms with Gasteiger partial charge in [-0.2, -0.15) is 0 Å². The van der Waals surface area contributed by atoms with Crippen LogP contribution in [0.4, 0.5) is 0 Å². The van der Waals surface area contributed by atoms with E-state index in [9.17, 15) is 0 Å². The maximum atomic E-state index is 4.49. The fourth-order valence-corrected chi connectivity index (χ4v) is 108. The molecule has 0 nitrogen and oxygen atoms in total. The molecule has 0 amide bonds. The summed E-state index contributed by atoms with van der Waals surface area (Å²) in [4.78, 5) is 11.7. The normalized spacial score (nSPS) is 139. The van der Waals surface area contributed by atoms with Crippen molar-refractivity contribution >= 4 is 15.9 Å². The summed E-state index contributed by atoms with van der Waals surface area (Å²) in [6.07, 6.45) is 0. The predicted octanol–water partition coefficient (Wildman–Crippen LogP) is 4.70. The van der Waals surface area contributed by atoms with E-state index in [1.54, 1.807) is 0 Å². The molecular weight excluding hydrogens is 292 g/mol. The molecule has 0 aliphatic carbocycles. The SMILES string of the molecule is CC(C)[C]12[CH]3[CH]4[CH]5[C]1(Br)[Fe]45321678[CH]2[CH]1[CH]6[CH]7[CH]28. The molecule has 10 heterocycles. The minimum absolute atomic E-state index is 0.924. The van der Waals surface area contributed by atoms with Crippen molar-refractivity contribution in [3.63, 3.8) is 0 Å². The summed E-state index contributed by atoms with van der Waals surface area (Å²) in [5.41, 5.74) is 0. The Balaban J connectivity index is 1.91. The molecule has 0 bridgehead atoms. The average molecular weight is 307 g/mol. The first-order valence-corrected chi connectivity index (χ1v) is 13.8. The van der Waals surface area contributed by atoms with Gasteiger partial charge >= 0.3 is 88.3 Å². The molecule has 0 aromatic carbocycles. The first kappa shape index (κ1) is 5.76. The average Bonchev–Trinajstić information content (AvgIpc) is 3.10. The summed E-state index contributed by atoms with van der Waals surface area (Å²) < 4.78 is 1.97. The molecule has 5 atom stereocenters. The Morgan fingerprint density at radius 2 is 1.47 bits per heavy atom. The van der Waals surface area contributed by atoms with Gasteiger partial charge in [-0.05, 0) is 0 Å². The molecule has 2 heteroatoms. The van der Waals surface area contributed by atoms with Crippen molar-refractivity contribution in [2.45, 2.75) is 59.9 Å². The Hall–Kier alpha value is 0.999. The van der Waals surface area contributed by atoms with Crippen molar-refractivity contribution in [3.05, 3.63) is 0 Å². The third-order valence-corrected chi connectivity index (χ3v) is 66.2. The fraction of sp³-hybridized carbons (Fsp3) is 1.00. The zero-order valence-electron chi connectivity index (χ0n) is 8.93. The molecular formula is C13H15BrFe. The van der Waals surface area contributed by atoms with Crippen LogP contribution in [0.3, 0.4) is 0 Å². The molecule has 0 radical (unpaired) electrons. The Morgan fingerprint density at radius 3 is 1.53 bits per heavy atom. The zero-order valence-corrected chi connectivity index (χ0v) is 11.6. The minimum atomic E-state index is -2.84. The monoisotopic (exact) mass is 306 g/mol. The molecule has 10 aliphatic rings. The number of rotatable bonds is 1. The first-order chi connectivity index (χ1) is 6.88. The summed E-state index contributed by atoms with van der Waals surface area (Å²) in [6, 6.07) is 0. The second kappa shape index (κ2) is 0.407. The molecule has 5 unspecified atom stereocenters. The summed E-state index contributed by atoms with van der Waals surface area (Å²) >= 11 is 4.49. The van der Waals surface area contributed by atoms with Crippen molar-refractivity contribution in [1.82, 2.24) is 0 Å². The van der Waals surface area contributed by atoms with E-state index in [1.165, 1.54) is 38.5 Å². The van der Waals surface area contributed by atoms with Crippen LogP contribution in [-0.2, 0) is 6.51 Å². The zero-order chi connectivity index (χ0) is 9.51. The van der Waals surface area contributed by atoms with Gasteiger partial charge in [-0.25, -0.2) is 0 Å². The second-order valence-electron chi connectivity index (χ2n) is 10.9. The van der Waals surface area contributed by atoms with E-state index >= 15 is 0 Å². The Bertz CT molecular complexity index is 917. The van der Waals surface area contributed by atoms with Gasteiger partial charge < -0.3 is 0 Å². The number of fused-ring (bicyclic) bond motifs is 10. The van der Waals surface area contributed by atoms with Gasteiger partial charge in [-0.1, -0.05) is 0 Å². The molecule has 10 fully saturated rings. The van der Waals surface area contributed by atoms with Gasteiger partial charge in [0.1, 0.15) is 0 Å². The van der Waals surface area contributed by atoms with Crippen LogP contribution in [0.25, 0.3) is 0 Å². The van der Waals surface area contributed by atoms with E-state index in [-0.39, 0.29) is 0 Å². The molecule has 0 aromatic rings. The molecule has 10 rings (SSSR count). The van der Waals surface area contributed by atoms with Crippen LogP contribution < -0.4 is 0 Å². The fourth-order valence-electron chi connectivity index (χ4n) is 18.1. The van der Waals surface area contributed by atoms with Crippen LogP contribution in [0.2, 0.25) is 42.8 Å². The van der Waals surface area contributed by atoms with Gasteiger partial charge in [0, 0.05) is 0 Å². The molecule has 0 N–H and O–H groups in total.